The van der Waals surface area contributed by atoms with E-state index < -0.39 is 5.97 Å². The number of aromatic nitrogens is 3. The molecule has 0 atom stereocenters. The van der Waals surface area contributed by atoms with Crippen molar-refractivity contribution >= 4 is 34.0 Å². The molecule has 0 spiro atoms. The number of ether oxygens (including phenoxy) is 1. The summed E-state index contributed by atoms with van der Waals surface area (Å²) in [6, 6.07) is 0. The fraction of sp³-hybridized carbons (Fsp3) is 0.600. The van der Waals surface area contributed by atoms with Crippen molar-refractivity contribution in [2.45, 2.75) is 37.5 Å². The van der Waals surface area contributed by atoms with Crippen molar-refractivity contribution in [2.75, 3.05) is 25.1 Å². The second-order valence-corrected chi connectivity index (χ2v) is 7.47. The van der Waals surface area contributed by atoms with Crippen LogP contribution in [0.1, 0.15) is 58.9 Å². The minimum Gasteiger partial charge on any atom is -0.465 e. The maximum absolute atomic E-state index is 11.6. The van der Waals surface area contributed by atoms with Crippen molar-refractivity contribution < 1.29 is 14.1 Å². The van der Waals surface area contributed by atoms with Crippen molar-refractivity contribution in [1.82, 2.24) is 15.1 Å². The number of halogens is 1. The number of hydrogen-bond acceptors (Lipinski definition) is 8. The van der Waals surface area contributed by atoms with E-state index in [2.05, 4.69) is 20.0 Å². The molecular weight excluding hydrogens is 352 g/mol. The van der Waals surface area contributed by atoms with Gasteiger partial charge in [0.15, 0.2) is 21.0 Å². The smallest absolute Gasteiger partial charge is 0.351 e. The first-order valence-electron chi connectivity index (χ1n) is 7.98. The maximum Gasteiger partial charge on any atom is 0.351 e. The Kier molecular flexibility index (Phi) is 4.17. The Morgan fingerprint density at radius 3 is 2.67 bits per heavy atom. The largest absolute Gasteiger partial charge is 0.465 e. The molecule has 1 saturated heterocycles. The standard InChI is InChI=1S/C15H17ClN4O3S/c1-22-14(21)10-11(16)17-15(24-10)20-6-4-8(5-7-20)12-18-13(23-19-12)9-2-3-9/h8-9H,2-7H2,1H3. The summed E-state index contributed by atoms with van der Waals surface area (Å²) in [7, 11) is 1.34. The summed E-state index contributed by atoms with van der Waals surface area (Å²) in [6.45, 7) is 1.64. The number of rotatable bonds is 4. The van der Waals surface area contributed by atoms with Crippen LogP contribution in [0.2, 0.25) is 5.15 Å². The summed E-state index contributed by atoms with van der Waals surface area (Å²) in [5, 5.41) is 5.11. The van der Waals surface area contributed by atoms with Gasteiger partial charge in [-0.15, -0.1) is 0 Å². The van der Waals surface area contributed by atoms with Gasteiger partial charge in [0, 0.05) is 24.9 Å². The van der Waals surface area contributed by atoms with Gasteiger partial charge < -0.3 is 14.2 Å². The molecular formula is C15H17ClN4O3S. The van der Waals surface area contributed by atoms with E-state index in [1.807, 2.05) is 0 Å². The van der Waals surface area contributed by atoms with E-state index in [-0.39, 0.29) is 5.15 Å². The van der Waals surface area contributed by atoms with Crippen LogP contribution in [0.15, 0.2) is 4.52 Å². The molecule has 2 aromatic heterocycles. The van der Waals surface area contributed by atoms with Crippen LogP contribution in [0.3, 0.4) is 0 Å². The van der Waals surface area contributed by atoms with Crippen molar-refractivity contribution in [3.05, 3.63) is 21.7 Å². The van der Waals surface area contributed by atoms with Crippen LogP contribution >= 0.6 is 22.9 Å². The monoisotopic (exact) mass is 368 g/mol. The number of carbonyl (C=O) groups excluding carboxylic acids is 1. The quantitative estimate of drug-likeness (QED) is 0.766. The average Bonchev–Trinajstić information content (AvgIpc) is 3.21. The van der Waals surface area contributed by atoms with E-state index in [9.17, 15) is 4.79 Å². The van der Waals surface area contributed by atoms with E-state index >= 15 is 0 Å². The van der Waals surface area contributed by atoms with Gasteiger partial charge in [0.25, 0.3) is 0 Å². The molecule has 24 heavy (non-hydrogen) atoms. The third kappa shape index (κ3) is 3.00. The van der Waals surface area contributed by atoms with E-state index in [0.29, 0.717) is 16.7 Å². The van der Waals surface area contributed by atoms with Gasteiger partial charge in [-0.1, -0.05) is 28.1 Å². The Labute approximate surface area is 148 Å². The molecule has 0 bridgehead atoms. The fourth-order valence-corrected chi connectivity index (χ4v) is 4.13. The first kappa shape index (κ1) is 15.8. The number of hydrogen-bond donors (Lipinski definition) is 0. The van der Waals surface area contributed by atoms with Crippen molar-refractivity contribution in [3.63, 3.8) is 0 Å². The Bertz CT molecular complexity index is 750. The molecule has 2 aliphatic rings. The minimum atomic E-state index is -0.446. The first-order chi connectivity index (χ1) is 11.7. The lowest BCUT2D eigenvalue weighted by Gasteiger charge is -2.30. The fourth-order valence-electron chi connectivity index (χ4n) is 2.88. The van der Waals surface area contributed by atoms with E-state index in [1.54, 1.807) is 0 Å². The zero-order valence-corrected chi connectivity index (χ0v) is 14.8. The lowest BCUT2D eigenvalue weighted by molar-refractivity contribution is 0.0606. The Balaban J connectivity index is 1.41. The van der Waals surface area contributed by atoms with Crippen molar-refractivity contribution in [2.24, 2.45) is 0 Å². The van der Waals surface area contributed by atoms with Crippen LogP contribution in [0.4, 0.5) is 5.13 Å². The molecule has 1 aliphatic heterocycles. The summed E-state index contributed by atoms with van der Waals surface area (Å²) in [5.41, 5.74) is 0. The Hall–Kier alpha value is -1.67. The summed E-state index contributed by atoms with van der Waals surface area (Å²) >= 11 is 7.31. The zero-order valence-electron chi connectivity index (χ0n) is 13.2. The van der Waals surface area contributed by atoms with Gasteiger partial charge >= 0.3 is 5.97 Å². The molecule has 1 aliphatic carbocycles. The van der Waals surface area contributed by atoms with Crippen molar-refractivity contribution in [3.8, 4) is 0 Å². The van der Waals surface area contributed by atoms with Crippen LogP contribution < -0.4 is 4.90 Å². The normalized spacial score (nSPS) is 18.8. The van der Waals surface area contributed by atoms with Gasteiger partial charge in [0.2, 0.25) is 5.89 Å². The molecule has 128 valence electrons. The molecule has 0 radical (unpaired) electrons. The zero-order chi connectivity index (χ0) is 16.7. The molecule has 0 N–H and O–H groups in total. The third-order valence-electron chi connectivity index (χ3n) is 4.46. The number of esters is 1. The summed E-state index contributed by atoms with van der Waals surface area (Å²) < 4.78 is 10.1. The maximum atomic E-state index is 11.6. The van der Waals surface area contributed by atoms with Crippen LogP contribution in [0, 0.1) is 0 Å². The number of piperidine rings is 1. The van der Waals surface area contributed by atoms with E-state index in [1.165, 1.54) is 18.4 Å². The third-order valence-corrected chi connectivity index (χ3v) is 5.94. The highest BCUT2D eigenvalue weighted by molar-refractivity contribution is 7.18. The number of methoxy groups -OCH3 is 1. The highest BCUT2D eigenvalue weighted by Crippen LogP contribution is 2.40. The predicted molar refractivity (Wildman–Crippen MR) is 88.9 cm³/mol. The van der Waals surface area contributed by atoms with Gasteiger partial charge in [-0.25, -0.2) is 9.78 Å². The number of carbonyl (C=O) groups is 1. The SMILES string of the molecule is COC(=O)c1sc(N2CCC(c3noc(C4CC4)n3)CC2)nc1Cl. The molecule has 0 amide bonds. The van der Waals surface area contributed by atoms with Gasteiger partial charge in [-0.2, -0.15) is 4.98 Å². The first-order valence-corrected chi connectivity index (χ1v) is 9.18. The van der Waals surface area contributed by atoms with Gasteiger partial charge in [-0.3, -0.25) is 0 Å². The van der Waals surface area contributed by atoms with Crippen LogP contribution in [-0.4, -0.2) is 41.3 Å². The molecule has 1 saturated carbocycles. The van der Waals surface area contributed by atoms with Crippen LogP contribution in [0.5, 0.6) is 0 Å². The summed E-state index contributed by atoms with van der Waals surface area (Å²) in [6.07, 6.45) is 4.17. The van der Waals surface area contributed by atoms with E-state index in [0.717, 1.165) is 55.6 Å². The summed E-state index contributed by atoms with van der Waals surface area (Å²) in [5.74, 6) is 1.97. The topological polar surface area (TPSA) is 81.4 Å². The molecule has 4 rings (SSSR count). The van der Waals surface area contributed by atoms with E-state index in [4.69, 9.17) is 20.9 Å². The number of anilines is 1. The van der Waals surface area contributed by atoms with Gasteiger partial charge in [0.05, 0.1) is 7.11 Å². The highest BCUT2D eigenvalue weighted by atomic mass is 35.5. The minimum absolute atomic E-state index is 0.205. The van der Waals surface area contributed by atoms with Crippen LogP contribution in [0.25, 0.3) is 0 Å². The molecule has 2 aromatic rings. The molecule has 7 nitrogen and oxygen atoms in total. The second kappa shape index (κ2) is 6.33. The number of nitrogens with zero attached hydrogens (tertiary/aromatic N) is 4. The molecule has 0 aromatic carbocycles. The Morgan fingerprint density at radius 2 is 2.00 bits per heavy atom. The molecule has 3 heterocycles. The average molecular weight is 369 g/mol. The van der Waals surface area contributed by atoms with Gasteiger partial charge in [0.1, 0.15) is 0 Å². The lowest BCUT2D eigenvalue weighted by Crippen LogP contribution is -2.33. The second-order valence-electron chi connectivity index (χ2n) is 6.13. The molecule has 0 unspecified atom stereocenters. The Morgan fingerprint density at radius 1 is 1.25 bits per heavy atom. The van der Waals surface area contributed by atoms with Crippen molar-refractivity contribution in [1.29, 1.82) is 0 Å². The van der Waals surface area contributed by atoms with Gasteiger partial charge in [-0.05, 0) is 25.7 Å². The summed E-state index contributed by atoms with van der Waals surface area (Å²) in [4.78, 5) is 23.0. The van der Waals surface area contributed by atoms with Crippen LogP contribution in [-0.2, 0) is 4.74 Å². The lowest BCUT2D eigenvalue weighted by atomic mass is 9.96. The molecule has 2 fully saturated rings. The molecule has 9 heteroatoms. The predicted octanol–water partition coefficient (Wildman–Crippen LogP) is 3.23. The highest BCUT2D eigenvalue weighted by Gasteiger charge is 2.32. The number of thiazole rings is 1.